The summed E-state index contributed by atoms with van der Waals surface area (Å²) in [5.74, 6) is -0.301. The highest BCUT2D eigenvalue weighted by Gasteiger charge is 2.66. The predicted octanol–water partition coefficient (Wildman–Crippen LogP) is 4.18. The second-order valence-electron chi connectivity index (χ2n) is 15.6. The fourth-order valence-corrected chi connectivity index (χ4v) is 12.2. The zero-order valence-corrected chi connectivity index (χ0v) is 31.7. The highest BCUT2D eigenvalue weighted by Crippen LogP contribution is 2.59. The first-order chi connectivity index (χ1) is 25.6. The number of aryl methyl sites for hydroxylation is 1. The number of aromatic nitrogens is 3. The maximum atomic E-state index is 15.0. The minimum absolute atomic E-state index is 0.00100. The lowest BCUT2D eigenvalue weighted by atomic mass is 9.82. The number of fused-ring (bicyclic) bond motifs is 2. The number of ether oxygens (including phenoxy) is 1. The fourth-order valence-electron chi connectivity index (χ4n) is 9.57. The molecule has 0 aliphatic carbocycles. The van der Waals surface area contributed by atoms with Gasteiger partial charge in [-0.3, -0.25) is 19.2 Å². The van der Waals surface area contributed by atoms with Crippen LogP contribution in [0.15, 0.2) is 85.1 Å². The van der Waals surface area contributed by atoms with E-state index in [-0.39, 0.29) is 36.0 Å². The van der Waals surface area contributed by atoms with Crippen molar-refractivity contribution >= 4 is 37.2 Å². The molecule has 1 aromatic heterocycles. The second-order valence-corrected chi connectivity index (χ2v) is 19.6. The van der Waals surface area contributed by atoms with Gasteiger partial charge in [-0.05, 0) is 81.3 Å². The van der Waals surface area contributed by atoms with E-state index in [4.69, 9.17) is 4.74 Å². The number of nitrogens with zero attached hydrogens (tertiary/aromatic N) is 6. The highest BCUT2D eigenvalue weighted by molar-refractivity contribution is 6.71. The lowest BCUT2D eigenvalue weighted by molar-refractivity contribution is -0.146. The molecule has 3 aromatic carbocycles. The van der Waals surface area contributed by atoms with Crippen LogP contribution in [-0.4, -0.2) is 83.0 Å². The smallest absolute Gasteiger partial charge is 0.264 e. The van der Waals surface area contributed by atoms with E-state index in [0.29, 0.717) is 38.3 Å². The van der Waals surface area contributed by atoms with Crippen LogP contribution in [0, 0.1) is 5.92 Å². The predicted molar refractivity (Wildman–Crippen MR) is 205 cm³/mol. The summed E-state index contributed by atoms with van der Waals surface area (Å²) < 4.78 is 8.74. The molecule has 4 atom stereocenters. The first-order valence-electron chi connectivity index (χ1n) is 18.8. The Morgan fingerprint density at radius 2 is 1.70 bits per heavy atom. The average molecular weight is 736 g/mol. The van der Waals surface area contributed by atoms with Crippen molar-refractivity contribution in [2.45, 2.75) is 81.6 Å². The van der Waals surface area contributed by atoms with E-state index in [1.807, 2.05) is 95.8 Å². The van der Waals surface area contributed by atoms with Crippen molar-refractivity contribution in [2.75, 3.05) is 41.1 Å². The van der Waals surface area contributed by atoms with Crippen molar-refractivity contribution in [3.8, 4) is 0 Å². The van der Waals surface area contributed by atoms with Crippen molar-refractivity contribution < 1.29 is 24.2 Å². The Balaban J connectivity index is 1.08. The zero-order valence-electron chi connectivity index (χ0n) is 30.7. The molecular formula is C40H49N7O5Si. The van der Waals surface area contributed by atoms with Crippen molar-refractivity contribution in [3.63, 3.8) is 0 Å². The third-order valence-electron chi connectivity index (χ3n) is 12.0. The molecule has 3 saturated heterocycles. The molecule has 2 amide bonds. The molecule has 4 aromatic rings. The quantitative estimate of drug-likeness (QED) is 0.205. The normalized spacial score (nSPS) is 25.3. The number of amides is 2. The molecule has 278 valence electrons. The Bertz CT molecular complexity index is 1980. The van der Waals surface area contributed by atoms with E-state index in [1.165, 1.54) is 0 Å². The molecule has 53 heavy (non-hydrogen) atoms. The summed E-state index contributed by atoms with van der Waals surface area (Å²) in [6, 6.07) is 26.1. The molecule has 2 spiro atoms. The average Bonchev–Trinajstić information content (AvgIpc) is 3.87. The number of piperidine rings is 1. The summed E-state index contributed by atoms with van der Waals surface area (Å²) in [6.07, 6.45) is 3.90. The number of nitrogens with one attached hydrogen (secondary N) is 1. The van der Waals surface area contributed by atoms with Crippen molar-refractivity contribution in [2.24, 2.45) is 5.92 Å². The van der Waals surface area contributed by atoms with Gasteiger partial charge in [0.2, 0.25) is 0 Å². The Hall–Kier alpha value is -4.40. The van der Waals surface area contributed by atoms with Crippen LogP contribution in [-0.2, 0) is 39.4 Å². The van der Waals surface area contributed by atoms with Gasteiger partial charge in [0.25, 0.3) is 11.8 Å². The number of hydrogen-bond acceptors (Lipinski definition) is 9. The molecule has 5 heterocycles. The second kappa shape index (κ2) is 13.8. The summed E-state index contributed by atoms with van der Waals surface area (Å²) in [6.45, 7) is 8.75. The van der Waals surface area contributed by atoms with Crippen LogP contribution >= 0.6 is 0 Å². The summed E-state index contributed by atoms with van der Waals surface area (Å²) in [4.78, 5) is 47.0. The molecule has 0 unspecified atom stereocenters. The van der Waals surface area contributed by atoms with Crippen molar-refractivity contribution in [1.29, 1.82) is 0 Å². The van der Waals surface area contributed by atoms with Crippen LogP contribution in [0.4, 0.5) is 17.1 Å². The van der Waals surface area contributed by atoms with Crippen molar-refractivity contribution in [1.82, 2.24) is 20.3 Å². The minimum Gasteiger partial charge on any atom is -0.432 e. The molecule has 4 aliphatic rings. The number of carbonyl (C=O) groups excluding carboxylic acids is 2. The third-order valence-corrected chi connectivity index (χ3v) is 14.5. The first kappa shape index (κ1) is 35.6. The first-order valence-corrected chi connectivity index (χ1v) is 21.8. The summed E-state index contributed by atoms with van der Waals surface area (Å²) >= 11 is 0. The number of anilines is 3. The summed E-state index contributed by atoms with van der Waals surface area (Å²) in [5, 5.41) is 21.1. The highest BCUT2D eigenvalue weighted by atomic mass is 28.4. The third kappa shape index (κ3) is 5.98. The van der Waals surface area contributed by atoms with Crippen LogP contribution in [0.3, 0.4) is 0 Å². The largest absolute Gasteiger partial charge is 0.432 e. The Morgan fingerprint density at radius 1 is 0.962 bits per heavy atom. The lowest BCUT2D eigenvalue weighted by Gasteiger charge is -2.39. The molecule has 13 heteroatoms. The Morgan fingerprint density at radius 3 is 2.45 bits per heavy atom. The topological polar surface area (TPSA) is 136 Å². The van der Waals surface area contributed by atoms with Gasteiger partial charge in [0, 0.05) is 54.2 Å². The molecule has 3 N–H and O–H groups in total. The molecule has 0 bridgehead atoms. The minimum atomic E-state index is -2.83. The maximum absolute atomic E-state index is 15.0. The van der Waals surface area contributed by atoms with Crippen LogP contribution in [0.5, 0.6) is 0 Å². The maximum Gasteiger partial charge on any atom is 0.264 e. The van der Waals surface area contributed by atoms with E-state index >= 15 is 0 Å². The van der Waals surface area contributed by atoms with E-state index in [0.717, 1.165) is 54.1 Å². The molecule has 0 radical (unpaired) electrons. The van der Waals surface area contributed by atoms with Gasteiger partial charge < -0.3 is 29.8 Å². The number of aliphatic hydroxyl groups excluding tert-OH is 1. The van der Waals surface area contributed by atoms with Gasteiger partial charge in [-0.1, -0.05) is 60.7 Å². The van der Waals surface area contributed by atoms with Crippen LogP contribution < -0.4 is 20.0 Å². The van der Waals surface area contributed by atoms with Gasteiger partial charge in [-0.25, -0.2) is 0 Å². The molecule has 0 saturated carbocycles. The molecule has 12 nitrogen and oxygen atoms in total. The van der Waals surface area contributed by atoms with Gasteiger partial charge >= 0.3 is 0 Å². The molecule has 3 fully saturated rings. The van der Waals surface area contributed by atoms with Gasteiger partial charge in [-0.2, -0.15) is 0 Å². The molecule has 8 rings (SSSR count). The van der Waals surface area contributed by atoms with E-state index in [9.17, 15) is 19.5 Å². The standard InChI is InChI=1S/C40H49N7O5Si/c1-28-36(53(2,3)51)35(16-22-44-26-30(17-23-48)42-43-44)52-40(28)33-14-7-8-15-34(33)45(38(40)50)25-29-10-9-13-32(24-29)46-27-47(31-11-5-4-6-12-31)39(37(46)49)18-20-41-21-19-39/h4-15,24,26,28,35-36,41,48,51H,16-23,25,27H2,1-3H3/t28-,35+,36-,40+/m1/s1. The number of para-hydroxylation sites is 2. The van der Waals surface area contributed by atoms with Gasteiger partial charge in [0.05, 0.1) is 30.7 Å². The number of benzene rings is 3. The van der Waals surface area contributed by atoms with E-state index in [2.05, 4.69) is 39.6 Å². The fraction of sp³-hybridized carbons (Fsp3) is 0.450. The monoisotopic (exact) mass is 735 g/mol. The van der Waals surface area contributed by atoms with Gasteiger partial charge in [-0.15, -0.1) is 5.10 Å². The Kier molecular flexibility index (Phi) is 9.26. The Labute approximate surface area is 311 Å². The van der Waals surface area contributed by atoms with Crippen LogP contribution in [0.2, 0.25) is 18.6 Å². The number of aliphatic hydroxyl groups is 1. The zero-order chi connectivity index (χ0) is 37.0. The van der Waals surface area contributed by atoms with Crippen LogP contribution in [0.1, 0.15) is 43.0 Å². The van der Waals surface area contributed by atoms with Crippen molar-refractivity contribution in [3.05, 3.63) is 102 Å². The molecule has 4 aliphatic heterocycles. The van der Waals surface area contributed by atoms with E-state index in [1.54, 1.807) is 4.68 Å². The number of carbonyl (C=O) groups is 2. The SMILES string of the molecule is C[C@@H]1[C@@H]([Si](C)(C)O)[C@H](CCn2cc(CCO)nn2)O[C@@]12C(=O)N(Cc1cccc(N3CN(c4ccccc4)C4(CCNCC4)C3=O)c1)c1ccccc12. The summed E-state index contributed by atoms with van der Waals surface area (Å²) in [7, 11) is -2.83. The number of rotatable bonds is 10. The summed E-state index contributed by atoms with van der Waals surface area (Å²) in [5.41, 5.74) is 3.04. The van der Waals surface area contributed by atoms with Crippen LogP contribution in [0.25, 0.3) is 0 Å². The van der Waals surface area contributed by atoms with Gasteiger partial charge in [0.1, 0.15) is 5.54 Å². The molecular weight excluding hydrogens is 687 g/mol. The van der Waals surface area contributed by atoms with E-state index < -0.39 is 19.5 Å². The number of hydrogen-bond donors (Lipinski definition) is 3. The lowest BCUT2D eigenvalue weighted by Crippen LogP contribution is -2.55. The van der Waals surface area contributed by atoms with Gasteiger partial charge in [0.15, 0.2) is 13.9 Å².